The van der Waals surface area contributed by atoms with E-state index in [2.05, 4.69) is 25.4 Å². The predicted molar refractivity (Wildman–Crippen MR) is 110 cm³/mol. The van der Waals surface area contributed by atoms with Crippen LogP contribution in [-0.4, -0.2) is 62.4 Å². The Kier molecular flexibility index (Phi) is 6.05. The third-order valence-electron chi connectivity index (χ3n) is 4.68. The number of hydrogen-bond acceptors (Lipinski definition) is 9. The van der Waals surface area contributed by atoms with E-state index >= 15 is 0 Å². The van der Waals surface area contributed by atoms with Crippen molar-refractivity contribution in [1.82, 2.24) is 30.0 Å². The topological polar surface area (TPSA) is 131 Å². The number of rotatable bonds is 3. The Morgan fingerprint density at radius 1 is 0.839 bits per heavy atom. The lowest BCUT2D eigenvalue weighted by molar-refractivity contribution is 0.0593. The van der Waals surface area contributed by atoms with Crippen LogP contribution in [0.2, 0.25) is 0 Å². The number of carbonyl (C=O) groups excluding carboxylic acids is 3. The van der Waals surface area contributed by atoms with Gasteiger partial charge in [0, 0.05) is 19.7 Å². The highest BCUT2D eigenvalue weighted by Gasteiger charge is 2.17. The summed E-state index contributed by atoms with van der Waals surface area (Å²) in [5, 5.41) is 15.5. The molecule has 0 fully saturated rings. The van der Waals surface area contributed by atoms with Gasteiger partial charge in [-0.25, -0.2) is 19.0 Å². The van der Waals surface area contributed by atoms with Gasteiger partial charge in [-0.05, 0) is 30.7 Å². The minimum atomic E-state index is -0.479. The van der Waals surface area contributed by atoms with Gasteiger partial charge in [0.25, 0.3) is 0 Å². The van der Waals surface area contributed by atoms with Gasteiger partial charge in [-0.15, -0.1) is 10.2 Å². The van der Waals surface area contributed by atoms with Gasteiger partial charge in [0.1, 0.15) is 22.1 Å². The van der Waals surface area contributed by atoms with E-state index < -0.39 is 5.97 Å². The molecule has 0 N–H and O–H groups in total. The van der Waals surface area contributed by atoms with Gasteiger partial charge >= 0.3 is 11.9 Å². The van der Waals surface area contributed by atoms with Crippen molar-refractivity contribution in [2.75, 3.05) is 14.2 Å². The lowest BCUT2D eigenvalue weighted by Gasteiger charge is -2.03. The number of fused-ring (bicyclic) bond motifs is 2. The first-order chi connectivity index (χ1) is 14.8. The van der Waals surface area contributed by atoms with Crippen molar-refractivity contribution >= 4 is 40.3 Å². The summed E-state index contributed by atoms with van der Waals surface area (Å²) in [5.41, 5.74) is 4.57. The molecular formula is C20H20N6O5. The molecule has 4 aromatic rings. The van der Waals surface area contributed by atoms with Crippen molar-refractivity contribution < 1.29 is 23.9 Å². The van der Waals surface area contributed by atoms with Crippen molar-refractivity contribution in [3.05, 3.63) is 46.5 Å². The minimum Gasteiger partial charge on any atom is -0.465 e. The molecule has 0 bridgehead atoms. The van der Waals surface area contributed by atoms with Gasteiger partial charge in [-0.3, -0.25) is 4.79 Å². The van der Waals surface area contributed by atoms with E-state index in [1.807, 2.05) is 13.0 Å². The number of esters is 2. The van der Waals surface area contributed by atoms with E-state index in [4.69, 9.17) is 4.74 Å². The van der Waals surface area contributed by atoms with Crippen LogP contribution in [0.1, 0.15) is 36.6 Å². The van der Waals surface area contributed by atoms with Crippen LogP contribution in [0.3, 0.4) is 0 Å². The van der Waals surface area contributed by atoms with E-state index in [-0.39, 0.29) is 5.97 Å². The van der Waals surface area contributed by atoms with Gasteiger partial charge in [0.15, 0.2) is 6.29 Å². The first kappa shape index (κ1) is 21.6. The van der Waals surface area contributed by atoms with Crippen LogP contribution in [0.5, 0.6) is 0 Å². The summed E-state index contributed by atoms with van der Waals surface area (Å²) in [5.74, 6) is -0.849. The van der Waals surface area contributed by atoms with Crippen LogP contribution in [0.25, 0.3) is 22.1 Å². The Morgan fingerprint density at radius 2 is 1.32 bits per heavy atom. The summed E-state index contributed by atoms with van der Waals surface area (Å²) in [6.45, 7) is 1.93. The molecule has 0 aliphatic carbocycles. The monoisotopic (exact) mass is 424 g/mol. The van der Waals surface area contributed by atoms with Crippen molar-refractivity contribution in [3.8, 4) is 0 Å². The number of aldehydes is 1. The Morgan fingerprint density at radius 3 is 1.84 bits per heavy atom. The predicted octanol–water partition coefficient (Wildman–Crippen LogP) is 1.63. The Bertz CT molecular complexity index is 1310. The first-order valence-electron chi connectivity index (χ1n) is 9.07. The number of carbonyl (C=O) groups is 3. The molecule has 0 aliphatic rings. The second-order valence-electron chi connectivity index (χ2n) is 6.55. The summed E-state index contributed by atoms with van der Waals surface area (Å²) in [7, 11) is 6.06. The fourth-order valence-electron chi connectivity index (χ4n) is 3.12. The molecule has 2 aromatic carbocycles. The van der Waals surface area contributed by atoms with Gasteiger partial charge in [-0.2, -0.15) is 0 Å². The lowest BCUT2D eigenvalue weighted by atomic mass is 10.1. The van der Waals surface area contributed by atoms with Gasteiger partial charge in [0.05, 0.1) is 25.3 Å². The summed E-state index contributed by atoms with van der Waals surface area (Å²) < 4.78 is 12.4. The zero-order valence-corrected chi connectivity index (χ0v) is 17.6. The first-order valence-corrected chi connectivity index (χ1v) is 9.07. The molecule has 31 heavy (non-hydrogen) atoms. The molecule has 0 amide bonds. The van der Waals surface area contributed by atoms with Crippen LogP contribution in [0.4, 0.5) is 0 Å². The number of aromatic nitrogens is 6. The number of ether oxygens (including phenoxy) is 2. The second kappa shape index (κ2) is 8.69. The molecule has 160 valence electrons. The SMILES string of the molecule is COC(=O)c1ccc(C)c2nnn(C)c12.COC(=O)c1ccc(C=O)c2nnn(C)c12. The fourth-order valence-corrected chi connectivity index (χ4v) is 3.12. The third-order valence-corrected chi connectivity index (χ3v) is 4.68. The molecule has 0 aliphatic heterocycles. The standard InChI is InChI=1S/C10H9N3O3.C10H11N3O2/c1-13-9-7(10(15)16-2)4-3-6(5-14)8(9)11-12-13;1-6-4-5-7(10(14)15-3)9-8(6)11-12-13(9)2/h3-5H,1-2H3;4-5H,1-3H3. The normalized spacial score (nSPS) is 10.5. The lowest BCUT2D eigenvalue weighted by Crippen LogP contribution is -2.05. The highest BCUT2D eigenvalue weighted by Crippen LogP contribution is 2.21. The maximum Gasteiger partial charge on any atom is 0.340 e. The summed E-state index contributed by atoms with van der Waals surface area (Å²) in [6, 6.07) is 6.62. The van der Waals surface area contributed by atoms with Crippen LogP contribution in [-0.2, 0) is 23.6 Å². The van der Waals surface area contributed by atoms with Crippen LogP contribution in [0.15, 0.2) is 24.3 Å². The van der Waals surface area contributed by atoms with E-state index in [1.165, 1.54) is 31.0 Å². The highest BCUT2D eigenvalue weighted by molar-refractivity contribution is 6.06. The molecule has 11 nitrogen and oxygen atoms in total. The molecule has 2 heterocycles. The summed E-state index contributed by atoms with van der Waals surface area (Å²) in [4.78, 5) is 33.8. The molecule has 0 saturated heterocycles. The van der Waals surface area contributed by atoms with Crippen molar-refractivity contribution in [2.24, 2.45) is 14.1 Å². The third kappa shape index (κ3) is 3.84. The van der Waals surface area contributed by atoms with E-state index in [0.29, 0.717) is 39.5 Å². The number of benzene rings is 2. The molecule has 2 aromatic heterocycles. The molecule has 11 heteroatoms. The Balaban J connectivity index is 0.000000176. The minimum absolute atomic E-state index is 0.343. The quantitative estimate of drug-likeness (QED) is 0.355. The zero-order valence-electron chi connectivity index (χ0n) is 17.6. The van der Waals surface area contributed by atoms with Crippen molar-refractivity contribution in [3.63, 3.8) is 0 Å². The summed E-state index contributed by atoms with van der Waals surface area (Å²) in [6.07, 6.45) is 0.679. The van der Waals surface area contributed by atoms with Gasteiger partial charge in [0.2, 0.25) is 0 Å². The van der Waals surface area contributed by atoms with Crippen molar-refractivity contribution in [2.45, 2.75) is 6.92 Å². The van der Waals surface area contributed by atoms with Gasteiger partial charge in [-0.1, -0.05) is 16.5 Å². The second-order valence-corrected chi connectivity index (χ2v) is 6.55. The van der Waals surface area contributed by atoms with Gasteiger partial charge < -0.3 is 9.47 Å². The maximum absolute atomic E-state index is 11.5. The van der Waals surface area contributed by atoms with Crippen molar-refractivity contribution in [1.29, 1.82) is 0 Å². The molecule has 0 unspecified atom stereocenters. The number of nitrogens with zero attached hydrogens (tertiary/aromatic N) is 6. The molecule has 0 spiro atoms. The van der Waals surface area contributed by atoms with E-state index in [0.717, 1.165) is 11.1 Å². The average molecular weight is 424 g/mol. The van der Waals surface area contributed by atoms with Crippen LogP contribution in [0, 0.1) is 6.92 Å². The van der Waals surface area contributed by atoms with Crippen LogP contribution < -0.4 is 0 Å². The van der Waals surface area contributed by atoms with Crippen LogP contribution >= 0.6 is 0 Å². The maximum atomic E-state index is 11.5. The molecule has 0 saturated carbocycles. The molecule has 4 rings (SSSR count). The van der Waals surface area contributed by atoms with E-state index in [9.17, 15) is 14.4 Å². The molecule has 0 atom stereocenters. The number of methoxy groups -OCH3 is 2. The highest BCUT2D eigenvalue weighted by atomic mass is 16.5. The largest absolute Gasteiger partial charge is 0.465 e. The average Bonchev–Trinajstić information content (AvgIpc) is 3.37. The summed E-state index contributed by atoms with van der Waals surface area (Å²) >= 11 is 0. The number of hydrogen-bond donors (Lipinski definition) is 0. The number of aryl methyl sites for hydroxylation is 3. The van der Waals surface area contributed by atoms with E-state index in [1.54, 1.807) is 24.8 Å². The smallest absolute Gasteiger partial charge is 0.340 e. The Hall–Kier alpha value is -4.15. The fraction of sp³-hybridized carbons (Fsp3) is 0.250. The molecular weight excluding hydrogens is 404 g/mol. The molecule has 0 radical (unpaired) electrons. The zero-order chi connectivity index (χ0) is 22.7. The Labute approximate surface area is 176 Å².